The highest BCUT2D eigenvalue weighted by Gasteiger charge is 2.39. The molecule has 1 heterocycles. The van der Waals surface area contributed by atoms with E-state index in [9.17, 15) is 14.0 Å². The molecule has 0 aromatic heterocycles. The van der Waals surface area contributed by atoms with Crippen LogP contribution in [0.1, 0.15) is 26.3 Å². The highest BCUT2D eigenvalue weighted by Crippen LogP contribution is 2.25. The zero-order valence-corrected chi connectivity index (χ0v) is 13.8. The Kier molecular flexibility index (Phi) is 4.37. The van der Waals surface area contributed by atoms with Gasteiger partial charge in [-0.3, -0.25) is 9.59 Å². The summed E-state index contributed by atoms with van der Waals surface area (Å²) < 4.78 is 14.5. The minimum Gasteiger partial charge on any atom is -0.342 e. The summed E-state index contributed by atoms with van der Waals surface area (Å²) in [5, 5.41) is 2.71. The number of hydrogen-bond acceptors (Lipinski definition) is 2. The number of nitrogens with zero attached hydrogens (tertiary/aromatic N) is 1. The lowest BCUT2D eigenvalue weighted by Crippen LogP contribution is -2.61. The first-order chi connectivity index (χ1) is 9.68. The Morgan fingerprint density at radius 2 is 2.05 bits per heavy atom. The molecule has 1 atom stereocenters. The molecule has 1 aromatic carbocycles. The number of carbonyl (C=O) groups is 2. The largest absolute Gasteiger partial charge is 0.342 e. The number of benzene rings is 1. The monoisotopic (exact) mass is 356 g/mol. The van der Waals surface area contributed by atoms with E-state index in [1.165, 1.54) is 11.0 Å². The first-order valence-electron chi connectivity index (χ1n) is 6.70. The van der Waals surface area contributed by atoms with Crippen LogP contribution in [-0.2, 0) is 16.1 Å². The van der Waals surface area contributed by atoms with Gasteiger partial charge >= 0.3 is 0 Å². The number of piperazine rings is 1. The van der Waals surface area contributed by atoms with Crippen LogP contribution in [-0.4, -0.2) is 29.3 Å². The highest BCUT2D eigenvalue weighted by molar-refractivity contribution is 9.10. The summed E-state index contributed by atoms with van der Waals surface area (Å²) in [5.74, 6) is -0.785. The second-order valence-corrected chi connectivity index (χ2v) is 7.21. The van der Waals surface area contributed by atoms with Gasteiger partial charge in [0.25, 0.3) is 0 Å². The van der Waals surface area contributed by atoms with E-state index in [0.717, 1.165) is 0 Å². The van der Waals surface area contributed by atoms with E-state index in [2.05, 4.69) is 21.2 Å². The molecule has 2 rings (SSSR count). The molecule has 0 radical (unpaired) electrons. The van der Waals surface area contributed by atoms with Crippen molar-refractivity contribution in [3.8, 4) is 0 Å². The lowest BCUT2D eigenvalue weighted by molar-refractivity contribution is -0.148. The van der Waals surface area contributed by atoms with Crippen molar-refractivity contribution in [1.29, 1.82) is 0 Å². The summed E-state index contributed by atoms with van der Waals surface area (Å²) >= 11 is 3.19. The number of rotatable bonds is 2. The molecule has 2 amide bonds. The molecule has 4 nitrogen and oxygen atoms in total. The zero-order chi connectivity index (χ0) is 15.8. The number of nitrogens with one attached hydrogen (secondary N) is 1. The predicted molar refractivity (Wildman–Crippen MR) is 80.9 cm³/mol. The van der Waals surface area contributed by atoms with Gasteiger partial charge in [0.2, 0.25) is 11.8 Å². The van der Waals surface area contributed by atoms with E-state index in [-0.39, 0.29) is 30.3 Å². The molecular weight excluding hydrogens is 339 g/mol. The Morgan fingerprint density at radius 1 is 1.38 bits per heavy atom. The van der Waals surface area contributed by atoms with Gasteiger partial charge in [-0.2, -0.15) is 0 Å². The van der Waals surface area contributed by atoms with E-state index in [0.29, 0.717) is 10.0 Å². The molecule has 21 heavy (non-hydrogen) atoms. The molecule has 1 aliphatic rings. The van der Waals surface area contributed by atoms with E-state index in [4.69, 9.17) is 0 Å². The minimum atomic E-state index is -0.586. The van der Waals surface area contributed by atoms with Crippen molar-refractivity contribution >= 4 is 27.7 Å². The fourth-order valence-corrected chi connectivity index (χ4v) is 2.61. The predicted octanol–water partition coefficient (Wildman–Crippen LogP) is 2.46. The average Bonchev–Trinajstić information content (AvgIpc) is 2.35. The zero-order valence-electron chi connectivity index (χ0n) is 12.2. The van der Waals surface area contributed by atoms with E-state index in [1.54, 1.807) is 12.1 Å². The first-order valence-corrected chi connectivity index (χ1v) is 7.50. The molecule has 0 aliphatic carbocycles. The lowest BCUT2D eigenvalue weighted by Gasteiger charge is -2.38. The van der Waals surface area contributed by atoms with Crippen LogP contribution >= 0.6 is 15.9 Å². The first kappa shape index (κ1) is 15.9. The summed E-state index contributed by atoms with van der Waals surface area (Å²) in [7, 11) is 0. The SMILES string of the molecule is CC(C)(C)C1NC(=O)CN(Cc2ccc(Br)cc2F)C1=O. The molecule has 0 spiro atoms. The van der Waals surface area contributed by atoms with Gasteiger partial charge in [-0.1, -0.05) is 42.8 Å². The molecule has 0 saturated carbocycles. The quantitative estimate of drug-likeness (QED) is 0.884. The minimum absolute atomic E-state index is 0.0408. The van der Waals surface area contributed by atoms with Crippen LogP contribution in [0.3, 0.4) is 0 Å². The normalized spacial score (nSPS) is 19.7. The van der Waals surface area contributed by atoms with Crippen molar-refractivity contribution in [2.45, 2.75) is 33.4 Å². The number of halogens is 2. The van der Waals surface area contributed by atoms with Crippen LogP contribution in [0, 0.1) is 11.2 Å². The maximum absolute atomic E-state index is 13.9. The molecule has 1 N–H and O–H groups in total. The van der Waals surface area contributed by atoms with Crippen LogP contribution in [0.2, 0.25) is 0 Å². The molecule has 1 saturated heterocycles. The van der Waals surface area contributed by atoms with Gasteiger partial charge in [0, 0.05) is 16.6 Å². The summed E-state index contributed by atoms with van der Waals surface area (Å²) in [6.07, 6.45) is 0. The van der Waals surface area contributed by atoms with Crippen molar-refractivity contribution in [3.63, 3.8) is 0 Å². The Labute approximate surface area is 131 Å². The summed E-state index contributed by atoms with van der Waals surface area (Å²) in [5.41, 5.74) is 0.0119. The maximum atomic E-state index is 13.9. The third-order valence-corrected chi connectivity index (χ3v) is 3.93. The van der Waals surface area contributed by atoms with Gasteiger partial charge in [-0.05, 0) is 17.5 Å². The summed E-state index contributed by atoms with van der Waals surface area (Å²) in [6.45, 7) is 5.72. The average molecular weight is 357 g/mol. The van der Waals surface area contributed by atoms with Gasteiger partial charge in [-0.15, -0.1) is 0 Å². The third kappa shape index (κ3) is 3.61. The number of amides is 2. The van der Waals surface area contributed by atoms with Crippen molar-refractivity contribution in [1.82, 2.24) is 10.2 Å². The van der Waals surface area contributed by atoms with Crippen LogP contribution in [0.15, 0.2) is 22.7 Å². The highest BCUT2D eigenvalue weighted by atomic mass is 79.9. The topological polar surface area (TPSA) is 49.4 Å². The van der Waals surface area contributed by atoms with Gasteiger partial charge in [0.05, 0.1) is 6.54 Å². The summed E-state index contributed by atoms with van der Waals surface area (Å²) in [4.78, 5) is 25.7. The Hall–Kier alpha value is -1.43. The smallest absolute Gasteiger partial charge is 0.246 e. The Balaban J connectivity index is 2.22. The van der Waals surface area contributed by atoms with E-state index in [1.807, 2.05) is 20.8 Å². The van der Waals surface area contributed by atoms with Gasteiger partial charge in [-0.25, -0.2) is 4.39 Å². The molecule has 0 bridgehead atoms. The maximum Gasteiger partial charge on any atom is 0.246 e. The molecule has 1 aliphatic heterocycles. The van der Waals surface area contributed by atoms with Crippen LogP contribution in [0.4, 0.5) is 4.39 Å². The van der Waals surface area contributed by atoms with Gasteiger partial charge < -0.3 is 10.2 Å². The Morgan fingerprint density at radius 3 is 2.62 bits per heavy atom. The molecule has 1 aromatic rings. The van der Waals surface area contributed by atoms with E-state index < -0.39 is 11.9 Å². The fraction of sp³-hybridized carbons (Fsp3) is 0.467. The number of hydrogen-bond donors (Lipinski definition) is 1. The molecular formula is C15H18BrFN2O2. The standard InChI is InChI=1S/C15H18BrFN2O2/c1-15(2,3)13-14(21)19(8-12(20)18-13)7-9-4-5-10(16)6-11(9)17/h4-6,13H,7-8H2,1-3H3,(H,18,20). The molecule has 114 valence electrons. The molecule has 6 heteroatoms. The van der Waals surface area contributed by atoms with Crippen molar-refractivity contribution in [2.24, 2.45) is 5.41 Å². The molecule has 1 fully saturated rings. The van der Waals surface area contributed by atoms with Crippen molar-refractivity contribution < 1.29 is 14.0 Å². The van der Waals surface area contributed by atoms with Gasteiger partial charge in [0.1, 0.15) is 11.9 Å². The van der Waals surface area contributed by atoms with E-state index >= 15 is 0 Å². The van der Waals surface area contributed by atoms with Crippen molar-refractivity contribution in [2.75, 3.05) is 6.54 Å². The summed E-state index contributed by atoms with van der Waals surface area (Å²) in [6, 6.07) is 4.10. The van der Waals surface area contributed by atoms with Crippen molar-refractivity contribution in [3.05, 3.63) is 34.1 Å². The lowest BCUT2D eigenvalue weighted by atomic mass is 9.84. The third-order valence-electron chi connectivity index (χ3n) is 3.44. The fourth-order valence-electron chi connectivity index (χ4n) is 2.28. The Bertz CT molecular complexity index is 584. The number of carbonyl (C=O) groups excluding carboxylic acids is 2. The van der Waals surface area contributed by atoms with Crippen LogP contribution in [0.5, 0.6) is 0 Å². The second-order valence-electron chi connectivity index (χ2n) is 6.30. The molecule has 1 unspecified atom stereocenters. The van der Waals surface area contributed by atoms with Crippen LogP contribution < -0.4 is 5.32 Å². The van der Waals surface area contributed by atoms with Crippen LogP contribution in [0.25, 0.3) is 0 Å². The second kappa shape index (κ2) is 5.75. The van der Waals surface area contributed by atoms with Gasteiger partial charge in [0.15, 0.2) is 0 Å².